The number of fused-ring (bicyclic) bond motifs is 4. The molecule has 0 spiro atoms. The lowest BCUT2D eigenvalue weighted by atomic mass is 9.64. The van der Waals surface area contributed by atoms with Crippen LogP contribution in [0.4, 0.5) is 9.59 Å². The zero-order chi connectivity index (χ0) is 29.0. The van der Waals surface area contributed by atoms with Crippen molar-refractivity contribution >= 4 is 18.2 Å². The molecule has 2 heterocycles. The highest BCUT2D eigenvalue weighted by atomic mass is 16.6. The van der Waals surface area contributed by atoms with E-state index >= 15 is 0 Å². The molecule has 8 nitrogen and oxygen atoms in total. The van der Waals surface area contributed by atoms with Crippen LogP contribution in [0.5, 0.6) is 0 Å². The summed E-state index contributed by atoms with van der Waals surface area (Å²) in [5.74, 6) is -1.16. The zero-order valence-corrected chi connectivity index (χ0v) is 23.5. The van der Waals surface area contributed by atoms with E-state index < -0.39 is 34.6 Å². The number of ether oxygens (including phenoxy) is 2. The van der Waals surface area contributed by atoms with Gasteiger partial charge in [0.1, 0.15) is 17.6 Å². The highest BCUT2D eigenvalue weighted by Crippen LogP contribution is 2.54. The van der Waals surface area contributed by atoms with Crippen LogP contribution in [0.2, 0.25) is 0 Å². The predicted octanol–water partition coefficient (Wildman–Crippen LogP) is 5.51. The van der Waals surface area contributed by atoms with Crippen molar-refractivity contribution in [1.29, 1.82) is 0 Å². The average molecular weight is 555 g/mol. The molecule has 3 aliphatic rings. The van der Waals surface area contributed by atoms with E-state index in [2.05, 4.69) is 24.3 Å². The first-order valence-electron chi connectivity index (χ1n) is 13.9. The van der Waals surface area contributed by atoms with Gasteiger partial charge in [-0.25, -0.2) is 9.59 Å². The molecule has 6 rings (SSSR count). The number of carboxylic acids is 1. The first kappa shape index (κ1) is 26.9. The molecule has 2 saturated heterocycles. The van der Waals surface area contributed by atoms with Gasteiger partial charge in [0.2, 0.25) is 0 Å². The van der Waals surface area contributed by atoms with E-state index in [0.29, 0.717) is 0 Å². The lowest BCUT2D eigenvalue weighted by molar-refractivity contribution is -0.149. The van der Waals surface area contributed by atoms with Gasteiger partial charge in [0.15, 0.2) is 0 Å². The second kappa shape index (κ2) is 9.65. The van der Waals surface area contributed by atoms with Crippen molar-refractivity contribution in [2.75, 3.05) is 32.8 Å². The molecule has 0 radical (unpaired) electrons. The Morgan fingerprint density at radius 3 is 1.83 bits per heavy atom. The molecule has 2 fully saturated rings. The quantitative estimate of drug-likeness (QED) is 0.457. The number of benzene rings is 3. The smallest absolute Gasteiger partial charge is 0.410 e. The fraction of sp³-hybridized carbons (Fsp3) is 0.364. The van der Waals surface area contributed by atoms with Crippen molar-refractivity contribution in [2.24, 2.45) is 5.41 Å². The summed E-state index contributed by atoms with van der Waals surface area (Å²) in [5.41, 5.74) is 2.08. The number of rotatable bonds is 4. The van der Waals surface area contributed by atoms with Crippen LogP contribution in [0.25, 0.3) is 11.1 Å². The average Bonchev–Trinajstić information content (AvgIpc) is 3.57. The van der Waals surface area contributed by atoms with Crippen LogP contribution in [-0.2, 0) is 19.7 Å². The van der Waals surface area contributed by atoms with E-state index in [-0.39, 0.29) is 38.7 Å². The van der Waals surface area contributed by atoms with E-state index in [1.165, 1.54) is 9.80 Å². The number of likely N-dealkylation sites (tertiary alicyclic amines) is 2. The zero-order valence-electron chi connectivity index (χ0n) is 23.5. The Bertz CT molecular complexity index is 1470. The van der Waals surface area contributed by atoms with Crippen LogP contribution in [0.1, 0.15) is 43.4 Å². The van der Waals surface area contributed by atoms with Gasteiger partial charge in [-0.1, -0.05) is 78.9 Å². The first-order chi connectivity index (χ1) is 19.5. The molecule has 0 saturated carbocycles. The van der Waals surface area contributed by atoms with Crippen LogP contribution >= 0.6 is 0 Å². The molecular formula is C33H34N2O6. The Morgan fingerprint density at radius 1 is 0.780 bits per heavy atom. The Hall–Kier alpha value is -4.33. The van der Waals surface area contributed by atoms with Gasteiger partial charge in [-0.15, -0.1) is 0 Å². The third-order valence-corrected chi connectivity index (χ3v) is 8.74. The summed E-state index contributed by atoms with van der Waals surface area (Å²) in [6, 6.07) is 25.6. The third-order valence-electron chi connectivity index (χ3n) is 8.74. The topological polar surface area (TPSA) is 96.4 Å². The number of nitrogens with zero attached hydrogens (tertiary/aromatic N) is 2. The Morgan fingerprint density at radius 2 is 1.29 bits per heavy atom. The van der Waals surface area contributed by atoms with Gasteiger partial charge in [-0.3, -0.25) is 4.79 Å². The number of carbonyl (C=O) groups is 3. The largest absolute Gasteiger partial charge is 0.481 e. The molecule has 3 aromatic rings. The molecule has 2 amide bonds. The maximum absolute atomic E-state index is 13.6. The number of hydrogen-bond donors (Lipinski definition) is 1. The molecule has 41 heavy (non-hydrogen) atoms. The Balaban J connectivity index is 1.27. The van der Waals surface area contributed by atoms with E-state index in [1.54, 1.807) is 20.8 Å². The number of aliphatic carboxylic acids is 1. The molecule has 212 valence electrons. The van der Waals surface area contributed by atoms with E-state index in [4.69, 9.17) is 9.47 Å². The van der Waals surface area contributed by atoms with Crippen LogP contribution in [0.3, 0.4) is 0 Å². The number of hydrogen-bond acceptors (Lipinski definition) is 5. The molecule has 1 N–H and O–H groups in total. The maximum atomic E-state index is 13.6. The van der Waals surface area contributed by atoms with Crippen molar-refractivity contribution in [2.45, 2.75) is 37.7 Å². The molecule has 3 aromatic carbocycles. The fourth-order valence-corrected chi connectivity index (χ4v) is 6.95. The summed E-state index contributed by atoms with van der Waals surface area (Å²) in [5, 5.41) is 10.7. The summed E-state index contributed by atoms with van der Waals surface area (Å²) < 4.78 is 11.5. The lowest BCUT2D eigenvalue weighted by Crippen LogP contribution is -2.49. The van der Waals surface area contributed by atoms with Gasteiger partial charge in [-0.2, -0.15) is 0 Å². The maximum Gasteiger partial charge on any atom is 0.410 e. The second-order valence-electron chi connectivity index (χ2n) is 12.3. The van der Waals surface area contributed by atoms with Crippen LogP contribution < -0.4 is 0 Å². The lowest BCUT2D eigenvalue weighted by Gasteiger charge is -2.34. The Labute approximate surface area is 239 Å². The van der Waals surface area contributed by atoms with Crippen molar-refractivity contribution in [1.82, 2.24) is 9.80 Å². The molecule has 0 aromatic heterocycles. The number of amides is 2. The van der Waals surface area contributed by atoms with Crippen LogP contribution in [-0.4, -0.2) is 71.4 Å². The SMILES string of the molecule is CC(C)(C)OC(=O)N1C[C@@]2(C(=O)O)CN(C(=O)OCC3c4ccccc4-c4ccccc43)C[C@@]2(c2ccccc2)C1. The standard InChI is InChI=1S/C33H34N2O6/c1-31(2,3)41-30(39)35-19-32(22-11-5-4-6-12-22)18-34(20-33(32,21-35)28(36)37)29(38)40-17-27-25-15-9-7-13-23(25)24-14-8-10-16-26(24)27/h4-16,27H,17-21H2,1-3H3,(H,36,37)/t32-,33+/m0/s1. The highest BCUT2D eigenvalue weighted by molar-refractivity contribution is 5.84. The highest BCUT2D eigenvalue weighted by Gasteiger charge is 2.70. The summed E-state index contributed by atoms with van der Waals surface area (Å²) >= 11 is 0. The van der Waals surface area contributed by atoms with Gasteiger partial charge in [0, 0.05) is 32.1 Å². The molecular weight excluding hydrogens is 520 g/mol. The van der Waals surface area contributed by atoms with E-state index in [9.17, 15) is 19.5 Å². The molecule has 8 heteroatoms. The van der Waals surface area contributed by atoms with Crippen molar-refractivity contribution in [3.63, 3.8) is 0 Å². The van der Waals surface area contributed by atoms with Gasteiger partial charge < -0.3 is 24.4 Å². The number of carboxylic acid groups (broad SMARTS) is 1. The fourth-order valence-electron chi connectivity index (χ4n) is 6.95. The van der Waals surface area contributed by atoms with Crippen LogP contribution in [0.15, 0.2) is 78.9 Å². The molecule has 0 bridgehead atoms. The summed E-state index contributed by atoms with van der Waals surface area (Å²) in [6.45, 7) is 5.56. The molecule has 0 unspecified atom stereocenters. The minimum absolute atomic E-state index is 0.0701. The van der Waals surface area contributed by atoms with Gasteiger partial charge >= 0.3 is 18.2 Å². The van der Waals surface area contributed by atoms with Crippen LogP contribution in [0, 0.1) is 5.41 Å². The summed E-state index contributed by atoms with van der Waals surface area (Å²) in [6.07, 6.45) is -1.11. The Kier molecular flexibility index (Phi) is 6.32. The van der Waals surface area contributed by atoms with Gasteiger partial charge in [0.25, 0.3) is 0 Å². The summed E-state index contributed by atoms with van der Waals surface area (Å²) in [4.78, 5) is 42.8. The number of carbonyl (C=O) groups excluding carboxylic acids is 2. The first-order valence-corrected chi connectivity index (χ1v) is 13.9. The third kappa shape index (κ3) is 4.33. The summed E-state index contributed by atoms with van der Waals surface area (Å²) in [7, 11) is 0. The van der Waals surface area contributed by atoms with Crippen molar-refractivity contribution < 1.29 is 29.0 Å². The predicted molar refractivity (Wildman–Crippen MR) is 153 cm³/mol. The van der Waals surface area contributed by atoms with Crippen molar-refractivity contribution in [3.05, 3.63) is 95.6 Å². The van der Waals surface area contributed by atoms with Crippen molar-refractivity contribution in [3.8, 4) is 11.1 Å². The monoisotopic (exact) mass is 554 g/mol. The van der Waals surface area contributed by atoms with Gasteiger partial charge in [-0.05, 0) is 48.6 Å². The van der Waals surface area contributed by atoms with E-state index in [1.807, 2.05) is 54.6 Å². The minimum atomic E-state index is -1.42. The normalized spacial score (nSPS) is 23.1. The minimum Gasteiger partial charge on any atom is -0.481 e. The van der Waals surface area contributed by atoms with E-state index in [0.717, 1.165) is 27.8 Å². The molecule has 1 aliphatic carbocycles. The second-order valence-corrected chi connectivity index (χ2v) is 12.3. The van der Waals surface area contributed by atoms with Gasteiger partial charge in [0.05, 0.1) is 5.41 Å². The molecule has 2 aliphatic heterocycles. The molecule has 2 atom stereocenters.